The third-order valence-corrected chi connectivity index (χ3v) is 4.35. The molecular weight excluding hydrogens is 244 g/mol. The standard InChI is InChI=1S/C14H18N2O3/c17-12(15-7-3-4-8-15)9-16-13(18)10-5-1-2-6-11(10)14(16)19/h1-2,10-11H,3-9H2. The lowest BCUT2D eigenvalue weighted by atomic mass is 9.85. The summed E-state index contributed by atoms with van der Waals surface area (Å²) in [5.74, 6) is -0.877. The minimum atomic E-state index is -0.233. The zero-order valence-corrected chi connectivity index (χ0v) is 10.9. The van der Waals surface area contributed by atoms with Gasteiger partial charge in [0.1, 0.15) is 6.54 Å². The summed E-state index contributed by atoms with van der Waals surface area (Å²) in [7, 11) is 0. The second-order valence-corrected chi connectivity index (χ2v) is 5.51. The average Bonchev–Trinajstić information content (AvgIpc) is 3.03. The minimum absolute atomic E-state index is 0.0648. The fourth-order valence-corrected chi connectivity index (χ4v) is 3.23. The number of hydrogen-bond donors (Lipinski definition) is 0. The van der Waals surface area contributed by atoms with Gasteiger partial charge in [0.05, 0.1) is 11.8 Å². The number of fused-ring (bicyclic) bond motifs is 1. The molecule has 19 heavy (non-hydrogen) atoms. The van der Waals surface area contributed by atoms with Crippen LogP contribution in [0.1, 0.15) is 25.7 Å². The molecule has 0 N–H and O–H groups in total. The highest BCUT2D eigenvalue weighted by atomic mass is 16.2. The van der Waals surface area contributed by atoms with Gasteiger partial charge in [-0.2, -0.15) is 0 Å². The van der Waals surface area contributed by atoms with E-state index in [1.807, 2.05) is 12.2 Å². The van der Waals surface area contributed by atoms with E-state index in [-0.39, 0.29) is 36.1 Å². The Morgan fingerprint density at radius 1 is 1.05 bits per heavy atom. The number of carbonyl (C=O) groups is 3. The monoisotopic (exact) mass is 262 g/mol. The summed E-state index contributed by atoms with van der Waals surface area (Å²) in [4.78, 5) is 39.4. The molecule has 2 fully saturated rings. The highest BCUT2D eigenvalue weighted by molar-refractivity contribution is 6.07. The van der Waals surface area contributed by atoms with E-state index in [0.717, 1.165) is 25.9 Å². The fourth-order valence-electron chi connectivity index (χ4n) is 3.23. The molecule has 3 rings (SSSR count). The minimum Gasteiger partial charge on any atom is -0.341 e. The Morgan fingerprint density at radius 2 is 1.58 bits per heavy atom. The molecule has 0 spiro atoms. The zero-order chi connectivity index (χ0) is 13.4. The van der Waals surface area contributed by atoms with E-state index in [1.165, 1.54) is 4.90 Å². The Bertz CT molecular complexity index is 426. The first kappa shape index (κ1) is 12.4. The van der Waals surface area contributed by atoms with Gasteiger partial charge in [-0.3, -0.25) is 19.3 Å². The average molecular weight is 262 g/mol. The number of allylic oxidation sites excluding steroid dienone is 2. The molecule has 0 aromatic rings. The van der Waals surface area contributed by atoms with Gasteiger partial charge in [-0.15, -0.1) is 0 Å². The van der Waals surface area contributed by atoms with Gasteiger partial charge in [0.25, 0.3) is 0 Å². The number of nitrogens with zero attached hydrogens (tertiary/aromatic N) is 2. The van der Waals surface area contributed by atoms with Crippen molar-refractivity contribution in [2.24, 2.45) is 11.8 Å². The number of rotatable bonds is 2. The van der Waals surface area contributed by atoms with Crippen LogP contribution in [0.2, 0.25) is 0 Å². The van der Waals surface area contributed by atoms with Gasteiger partial charge in [0.2, 0.25) is 17.7 Å². The van der Waals surface area contributed by atoms with Crippen LogP contribution in [0.25, 0.3) is 0 Å². The molecule has 0 bridgehead atoms. The Morgan fingerprint density at radius 3 is 2.11 bits per heavy atom. The quantitative estimate of drug-likeness (QED) is 0.539. The Labute approximate surface area is 112 Å². The molecule has 1 aliphatic carbocycles. The topological polar surface area (TPSA) is 57.7 Å². The first-order chi connectivity index (χ1) is 9.18. The zero-order valence-electron chi connectivity index (χ0n) is 10.9. The van der Waals surface area contributed by atoms with Crippen molar-refractivity contribution in [1.29, 1.82) is 0 Å². The maximum atomic E-state index is 12.2. The fraction of sp³-hybridized carbons (Fsp3) is 0.643. The molecule has 102 valence electrons. The molecular formula is C14H18N2O3. The molecule has 5 heteroatoms. The largest absolute Gasteiger partial charge is 0.341 e. The van der Waals surface area contributed by atoms with Crippen molar-refractivity contribution in [3.05, 3.63) is 12.2 Å². The van der Waals surface area contributed by atoms with E-state index in [0.29, 0.717) is 12.8 Å². The van der Waals surface area contributed by atoms with E-state index in [4.69, 9.17) is 0 Å². The van der Waals surface area contributed by atoms with Crippen LogP contribution in [-0.4, -0.2) is 47.2 Å². The number of imide groups is 1. The molecule has 5 nitrogen and oxygen atoms in total. The van der Waals surface area contributed by atoms with Gasteiger partial charge in [-0.25, -0.2) is 0 Å². The molecule has 0 aromatic heterocycles. The van der Waals surface area contributed by atoms with E-state index in [9.17, 15) is 14.4 Å². The molecule has 2 saturated heterocycles. The molecule has 0 radical (unpaired) electrons. The smallest absolute Gasteiger partial charge is 0.242 e. The van der Waals surface area contributed by atoms with Crippen molar-refractivity contribution in [1.82, 2.24) is 9.80 Å². The highest BCUT2D eigenvalue weighted by Gasteiger charge is 2.47. The van der Waals surface area contributed by atoms with Crippen LogP contribution in [0.5, 0.6) is 0 Å². The van der Waals surface area contributed by atoms with E-state index < -0.39 is 0 Å². The predicted octanol–water partition coefficient (Wildman–Crippen LogP) is 0.560. The Hall–Kier alpha value is -1.65. The van der Waals surface area contributed by atoms with Crippen molar-refractivity contribution in [3.8, 4) is 0 Å². The predicted molar refractivity (Wildman–Crippen MR) is 67.9 cm³/mol. The molecule has 3 aliphatic rings. The highest BCUT2D eigenvalue weighted by Crippen LogP contribution is 2.34. The summed E-state index contributed by atoms with van der Waals surface area (Å²) < 4.78 is 0. The third-order valence-electron chi connectivity index (χ3n) is 4.35. The first-order valence-electron chi connectivity index (χ1n) is 6.96. The maximum Gasteiger partial charge on any atom is 0.242 e. The number of carbonyl (C=O) groups excluding carboxylic acids is 3. The van der Waals surface area contributed by atoms with E-state index >= 15 is 0 Å². The van der Waals surface area contributed by atoms with Crippen LogP contribution in [0.15, 0.2) is 12.2 Å². The number of amides is 3. The molecule has 2 heterocycles. The lowest BCUT2D eigenvalue weighted by molar-refractivity contribution is -0.146. The third kappa shape index (κ3) is 2.07. The molecule has 2 aliphatic heterocycles. The molecule has 2 atom stereocenters. The molecule has 0 aromatic carbocycles. The van der Waals surface area contributed by atoms with Gasteiger partial charge >= 0.3 is 0 Å². The maximum absolute atomic E-state index is 12.2. The van der Waals surface area contributed by atoms with Crippen LogP contribution in [0.4, 0.5) is 0 Å². The van der Waals surface area contributed by atoms with Gasteiger partial charge in [-0.05, 0) is 25.7 Å². The second kappa shape index (κ2) is 4.79. The normalized spacial score (nSPS) is 30.1. The summed E-state index contributed by atoms with van der Waals surface area (Å²) in [6.45, 7) is 1.44. The summed E-state index contributed by atoms with van der Waals surface area (Å²) >= 11 is 0. The summed E-state index contributed by atoms with van der Waals surface area (Å²) in [5, 5.41) is 0. The molecule has 2 unspecified atom stereocenters. The van der Waals surface area contributed by atoms with Crippen LogP contribution in [0.3, 0.4) is 0 Å². The van der Waals surface area contributed by atoms with E-state index in [2.05, 4.69) is 0 Å². The van der Waals surface area contributed by atoms with Crippen molar-refractivity contribution in [3.63, 3.8) is 0 Å². The van der Waals surface area contributed by atoms with Crippen molar-refractivity contribution < 1.29 is 14.4 Å². The number of hydrogen-bond acceptors (Lipinski definition) is 3. The first-order valence-corrected chi connectivity index (χ1v) is 6.96. The van der Waals surface area contributed by atoms with Crippen molar-refractivity contribution in [2.75, 3.05) is 19.6 Å². The summed E-state index contributed by atoms with van der Waals surface area (Å²) in [6, 6.07) is 0. The van der Waals surface area contributed by atoms with Crippen molar-refractivity contribution >= 4 is 17.7 Å². The van der Waals surface area contributed by atoms with Gasteiger partial charge in [0, 0.05) is 13.1 Å². The van der Waals surface area contributed by atoms with Gasteiger partial charge < -0.3 is 4.90 Å². The van der Waals surface area contributed by atoms with Crippen LogP contribution >= 0.6 is 0 Å². The summed E-state index contributed by atoms with van der Waals surface area (Å²) in [5.41, 5.74) is 0. The number of likely N-dealkylation sites (tertiary alicyclic amines) is 2. The summed E-state index contributed by atoms with van der Waals surface area (Å²) in [6.07, 6.45) is 7.20. The van der Waals surface area contributed by atoms with Crippen LogP contribution in [-0.2, 0) is 14.4 Å². The van der Waals surface area contributed by atoms with Crippen LogP contribution in [0, 0.1) is 11.8 Å². The molecule has 0 saturated carbocycles. The van der Waals surface area contributed by atoms with E-state index in [1.54, 1.807) is 4.90 Å². The van der Waals surface area contributed by atoms with Gasteiger partial charge in [-0.1, -0.05) is 12.2 Å². The SMILES string of the molecule is O=C(CN1C(=O)C2CC=CCC2C1=O)N1CCCC1. The lowest BCUT2D eigenvalue weighted by Crippen LogP contribution is -2.42. The Kier molecular flexibility index (Phi) is 3.12. The lowest BCUT2D eigenvalue weighted by Gasteiger charge is -2.19. The second-order valence-electron chi connectivity index (χ2n) is 5.51. The van der Waals surface area contributed by atoms with Crippen LogP contribution < -0.4 is 0 Å². The molecule has 3 amide bonds. The van der Waals surface area contributed by atoms with Crippen molar-refractivity contribution in [2.45, 2.75) is 25.7 Å². The van der Waals surface area contributed by atoms with Gasteiger partial charge in [0.15, 0.2) is 0 Å². The Balaban J connectivity index is 1.69.